The van der Waals surface area contributed by atoms with E-state index in [-0.39, 0.29) is 23.1 Å². The minimum atomic E-state index is -0.291. The average molecular weight is 476 g/mol. The molecule has 0 spiro atoms. The highest BCUT2D eigenvalue weighted by atomic mass is 16.5. The Bertz CT molecular complexity index is 1350. The molecule has 0 N–H and O–H groups in total. The summed E-state index contributed by atoms with van der Waals surface area (Å²) in [4.78, 5) is 42.7. The number of carbonyl (C=O) groups excluding carboxylic acids is 2. The highest BCUT2D eigenvalue weighted by Gasteiger charge is 2.30. The SMILES string of the molecule is COCCn1cc(C(=O)N2CCN(C(=O)c3ccco3)CC2)c2nn(-c3ccccc3)c(=O)c-2c1. The van der Waals surface area contributed by atoms with Gasteiger partial charge in [-0.15, -0.1) is 0 Å². The summed E-state index contributed by atoms with van der Waals surface area (Å²) in [7, 11) is 1.60. The van der Waals surface area contributed by atoms with E-state index in [1.807, 2.05) is 18.2 Å². The molecule has 10 heteroatoms. The highest BCUT2D eigenvalue weighted by molar-refractivity contribution is 6.00. The molecule has 0 saturated carbocycles. The summed E-state index contributed by atoms with van der Waals surface area (Å²) in [5, 5.41) is 4.53. The van der Waals surface area contributed by atoms with Gasteiger partial charge in [0.2, 0.25) is 0 Å². The lowest BCUT2D eigenvalue weighted by Gasteiger charge is -2.34. The summed E-state index contributed by atoms with van der Waals surface area (Å²) >= 11 is 0. The van der Waals surface area contributed by atoms with E-state index in [2.05, 4.69) is 5.10 Å². The molecule has 0 radical (unpaired) electrons. The van der Waals surface area contributed by atoms with E-state index in [9.17, 15) is 14.4 Å². The van der Waals surface area contributed by atoms with Crippen LogP contribution in [-0.2, 0) is 11.3 Å². The number of para-hydroxylation sites is 1. The van der Waals surface area contributed by atoms with Crippen LogP contribution in [0, 0.1) is 0 Å². The second-order valence-electron chi connectivity index (χ2n) is 8.28. The van der Waals surface area contributed by atoms with Gasteiger partial charge >= 0.3 is 0 Å². The van der Waals surface area contributed by atoms with Crippen LogP contribution in [0.2, 0.25) is 0 Å². The monoisotopic (exact) mass is 475 g/mol. The molecule has 1 saturated heterocycles. The fourth-order valence-corrected chi connectivity index (χ4v) is 4.23. The Morgan fingerprint density at radius 1 is 0.971 bits per heavy atom. The lowest BCUT2D eigenvalue weighted by molar-refractivity contribution is 0.0518. The Balaban J connectivity index is 1.45. The van der Waals surface area contributed by atoms with Crippen LogP contribution in [0.4, 0.5) is 0 Å². The van der Waals surface area contributed by atoms with Gasteiger partial charge in [-0.2, -0.15) is 9.78 Å². The maximum Gasteiger partial charge on any atom is 0.289 e. The molecule has 2 aromatic rings. The van der Waals surface area contributed by atoms with Gasteiger partial charge in [0, 0.05) is 52.2 Å². The molecule has 1 aromatic carbocycles. The predicted molar refractivity (Wildman–Crippen MR) is 127 cm³/mol. The number of carbonyl (C=O) groups is 2. The van der Waals surface area contributed by atoms with Gasteiger partial charge in [0.1, 0.15) is 5.69 Å². The fraction of sp³-hybridized carbons (Fsp3) is 0.280. The summed E-state index contributed by atoms with van der Waals surface area (Å²) in [5.74, 6) is -0.146. The first-order valence-electron chi connectivity index (χ1n) is 11.4. The highest BCUT2D eigenvalue weighted by Crippen LogP contribution is 2.24. The van der Waals surface area contributed by atoms with E-state index in [0.29, 0.717) is 61.8 Å². The number of hydrogen-bond acceptors (Lipinski definition) is 6. The molecular weight excluding hydrogens is 450 g/mol. The van der Waals surface area contributed by atoms with Crippen molar-refractivity contribution in [1.29, 1.82) is 0 Å². The van der Waals surface area contributed by atoms with Gasteiger partial charge in [0.15, 0.2) is 5.76 Å². The van der Waals surface area contributed by atoms with Crippen molar-refractivity contribution in [2.24, 2.45) is 0 Å². The molecule has 0 bridgehead atoms. The molecule has 4 heterocycles. The van der Waals surface area contributed by atoms with Crippen molar-refractivity contribution in [1.82, 2.24) is 24.1 Å². The number of rotatable bonds is 6. The number of amides is 2. The summed E-state index contributed by atoms with van der Waals surface area (Å²) < 4.78 is 13.5. The van der Waals surface area contributed by atoms with Gasteiger partial charge in [-0.1, -0.05) is 18.2 Å². The topological polar surface area (TPSA) is 103 Å². The van der Waals surface area contributed by atoms with E-state index in [4.69, 9.17) is 9.15 Å². The maximum atomic E-state index is 13.6. The first-order valence-corrected chi connectivity index (χ1v) is 11.4. The number of pyridine rings is 1. The summed E-state index contributed by atoms with van der Waals surface area (Å²) in [6.45, 7) is 2.41. The van der Waals surface area contributed by atoms with Crippen molar-refractivity contribution in [3.05, 3.63) is 82.8 Å². The molecule has 2 amide bonds. The van der Waals surface area contributed by atoms with Gasteiger partial charge in [-0.05, 0) is 24.3 Å². The Kier molecular flexibility index (Phi) is 6.19. The molecule has 1 aromatic heterocycles. The zero-order valence-corrected chi connectivity index (χ0v) is 19.3. The van der Waals surface area contributed by atoms with Crippen molar-refractivity contribution in [2.45, 2.75) is 6.54 Å². The molecule has 5 rings (SSSR count). The minimum absolute atomic E-state index is 0.195. The van der Waals surface area contributed by atoms with Crippen LogP contribution < -0.4 is 5.56 Å². The number of fused-ring (bicyclic) bond motifs is 1. The van der Waals surface area contributed by atoms with Crippen molar-refractivity contribution in [3.8, 4) is 16.9 Å². The van der Waals surface area contributed by atoms with Gasteiger partial charge < -0.3 is 23.5 Å². The largest absolute Gasteiger partial charge is 0.459 e. The first-order chi connectivity index (χ1) is 17.1. The van der Waals surface area contributed by atoms with Crippen molar-refractivity contribution in [3.63, 3.8) is 0 Å². The van der Waals surface area contributed by atoms with Crippen molar-refractivity contribution in [2.75, 3.05) is 39.9 Å². The van der Waals surface area contributed by atoms with Crippen LogP contribution in [0.15, 0.2) is 70.3 Å². The molecule has 3 aliphatic rings. The molecule has 35 heavy (non-hydrogen) atoms. The second kappa shape index (κ2) is 9.59. The third-order valence-electron chi connectivity index (χ3n) is 6.09. The Hall–Kier alpha value is -4.18. The predicted octanol–water partition coefficient (Wildman–Crippen LogP) is 1.98. The quantitative estimate of drug-likeness (QED) is 0.423. The minimum Gasteiger partial charge on any atom is -0.459 e. The van der Waals surface area contributed by atoms with Gasteiger partial charge in [-0.25, -0.2) is 0 Å². The Morgan fingerprint density at radius 2 is 1.69 bits per heavy atom. The zero-order chi connectivity index (χ0) is 24.4. The number of nitrogens with zero attached hydrogens (tertiary/aromatic N) is 5. The first kappa shape index (κ1) is 22.6. The number of benzene rings is 1. The van der Waals surface area contributed by atoms with Gasteiger partial charge in [0.05, 0.1) is 29.7 Å². The van der Waals surface area contributed by atoms with Crippen LogP contribution in [0.3, 0.4) is 0 Å². The third-order valence-corrected chi connectivity index (χ3v) is 6.09. The molecule has 0 atom stereocenters. The third kappa shape index (κ3) is 4.35. The van der Waals surface area contributed by atoms with E-state index in [1.165, 1.54) is 10.9 Å². The zero-order valence-electron chi connectivity index (χ0n) is 19.3. The van der Waals surface area contributed by atoms with E-state index < -0.39 is 0 Å². The van der Waals surface area contributed by atoms with Crippen LogP contribution in [0.1, 0.15) is 20.9 Å². The number of furan rings is 1. The van der Waals surface area contributed by atoms with E-state index >= 15 is 0 Å². The Morgan fingerprint density at radius 3 is 2.34 bits per heavy atom. The molecule has 180 valence electrons. The molecule has 0 unspecified atom stereocenters. The molecule has 3 aliphatic heterocycles. The summed E-state index contributed by atoms with van der Waals surface area (Å²) in [6.07, 6.45) is 4.89. The lowest BCUT2D eigenvalue weighted by Crippen LogP contribution is -2.50. The smallest absolute Gasteiger partial charge is 0.289 e. The van der Waals surface area contributed by atoms with Gasteiger partial charge in [0.25, 0.3) is 17.4 Å². The molecule has 0 aliphatic carbocycles. The average Bonchev–Trinajstić information content (AvgIpc) is 3.56. The summed E-state index contributed by atoms with van der Waals surface area (Å²) in [5.41, 5.74) is 1.40. The van der Waals surface area contributed by atoms with E-state index in [1.54, 1.807) is 58.1 Å². The maximum absolute atomic E-state index is 13.6. The Labute approximate surface area is 201 Å². The molecular formula is C25H25N5O5. The number of methoxy groups -OCH3 is 1. The van der Waals surface area contributed by atoms with Crippen molar-refractivity contribution >= 4 is 11.8 Å². The summed E-state index contributed by atoms with van der Waals surface area (Å²) in [6, 6.07) is 12.4. The number of hydrogen-bond donors (Lipinski definition) is 0. The van der Waals surface area contributed by atoms with Crippen molar-refractivity contribution < 1.29 is 18.7 Å². The number of aromatic nitrogens is 3. The molecule has 10 nitrogen and oxygen atoms in total. The fourth-order valence-electron chi connectivity index (χ4n) is 4.23. The second-order valence-corrected chi connectivity index (χ2v) is 8.28. The van der Waals surface area contributed by atoms with Crippen LogP contribution in [0.5, 0.6) is 0 Å². The normalized spacial score (nSPS) is 14.0. The van der Waals surface area contributed by atoms with Gasteiger partial charge in [-0.3, -0.25) is 14.4 Å². The lowest BCUT2D eigenvalue weighted by atomic mass is 10.1. The van der Waals surface area contributed by atoms with Crippen LogP contribution in [-0.4, -0.2) is 75.9 Å². The van der Waals surface area contributed by atoms with Crippen LogP contribution >= 0.6 is 0 Å². The van der Waals surface area contributed by atoms with E-state index in [0.717, 1.165) is 0 Å². The standard InChI is InChI=1S/C25H25N5O5/c1-34-15-13-27-16-19(22-20(17-27)24(32)30(26-22)18-6-3-2-4-7-18)23(31)28-9-11-29(12-10-28)25(33)21-8-5-14-35-21/h2-8,14,16-17H,9-13,15H2,1H3. The molecule has 1 fully saturated rings. The van der Waals surface area contributed by atoms with Crippen LogP contribution in [0.25, 0.3) is 16.9 Å². The number of ether oxygens (including phenoxy) is 1. The number of piperazine rings is 1.